The van der Waals surface area contributed by atoms with E-state index in [1.165, 1.54) is 0 Å². The van der Waals surface area contributed by atoms with E-state index in [0.29, 0.717) is 31.3 Å². The summed E-state index contributed by atoms with van der Waals surface area (Å²) < 4.78 is 14.8. The topological polar surface area (TPSA) is 98.3 Å². The molecule has 0 aromatic heterocycles. The van der Waals surface area contributed by atoms with Crippen LogP contribution >= 0.6 is 0 Å². The van der Waals surface area contributed by atoms with Gasteiger partial charge in [0.1, 0.15) is 12.4 Å². The Morgan fingerprint density at radius 2 is 1.87 bits per heavy atom. The molecule has 0 aromatic carbocycles. The number of hydrogen-bond donors (Lipinski definition) is 6. The van der Waals surface area contributed by atoms with Crippen LogP contribution in [0.25, 0.3) is 0 Å². The standard InChI is InChI=1S/C21H40FN7O2/c1-12-9-29-10-13(7-15(22)20(29)24-12)25-21(31)18-17(30)8-16(28-5-3-23-4-6-28)14-11-27(2)26-19(14)18/h12-21,23-26,30-31H,3-11H2,1-2H3. The summed E-state index contributed by atoms with van der Waals surface area (Å²) in [5, 5.41) is 34.5. The molecule has 1 saturated carbocycles. The minimum absolute atomic E-state index is 0.00197. The Labute approximate surface area is 184 Å². The maximum Gasteiger partial charge on any atom is 0.130 e. The smallest absolute Gasteiger partial charge is 0.130 e. The summed E-state index contributed by atoms with van der Waals surface area (Å²) in [6.07, 6.45) is -1.58. The fourth-order valence-corrected chi connectivity index (χ4v) is 6.89. The number of nitrogens with one attached hydrogen (secondary N) is 4. The van der Waals surface area contributed by atoms with Crippen molar-refractivity contribution in [2.45, 2.75) is 68.6 Å². The second kappa shape index (κ2) is 9.08. The predicted octanol–water partition coefficient (Wildman–Crippen LogP) is -2.29. The van der Waals surface area contributed by atoms with Gasteiger partial charge in [0.15, 0.2) is 0 Å². The second-order valence-electron chi connectivity index (χ2n) is 10.5. The van der Waals surface area contributed by atoms with Crippen LogP contribution < -0.4 is 21.4 Å². The number of nitrogens with zero attached hydrogens (tertiary/aromatic N) is 3. The van der Waals surface area contributed by atoms with Crippen LogP contribution in [0, 0.1) is 11.8 Å². The summed E-state index contributed by atoms with van der Waals surface area (Å²) in [7, 11) is 2.03. The van der Waals surface area contributed by atoms with Crippen molar-refractivity contribution in [3.63, 3.8) is 0 Å². The lowest BCUT2D eigenvalue weighted by atomic mass is 9.71. The lowest BCUT2D eigenvalue weighted by Crippen LogP contribution is -2.65. The van der Waals surface area contributed by atoms with Gasteiger partial charge >= 0.3 is 0 Å². The molecular weight excluding hydrogens is 401 g/mol. The number of fused-ring (bicyclic) bond motifs is 2. The first kappa shape index (κ1) is 22.4. The number of alkyl halides is 1. The zero-order valence-electron chi connectivity index (χ0n) is 18.8. The third kappa shape index (κ3) is 4.39. The number of piperidine rings is 1. The number of hydrogen-bond acceptors (Lipinski definition) is 9. The molecule has 178 valence electrons. The van der Waals surface area contributed by atoms with Gasteiger partial charge in [0.25, 0.3) is 0 Å². The van der Waals surface area contributed by atoms with Crippen molar-refractivity contribution in [1.29, 1.82) is 0 Å². The Morgan fingerprint density at radius 3 is 2.65 bits per heavy atom. The van der Waals surface area contributed by atoms with Crippen molar-refractivity contribution in [2.75, 3.05) is 52.9 Å². The maximum absolute atomic E-state index is 14.8. The average Bonchev–Trinajstić information content (AvgIpc) is 3.29. The predicted molar refractivity (Wildman–Crippen MR) is 116 cm³/mol. The van der Waals surface area contributed by atoms with E-state index in [2.05, 4.69) is 43.1 Å². The number of rotatable bonds is 4. The summed E-state index contributed by atoms with van der Waals surface area (Å²) in [6.45, 7) is 8.50. The van der Waals surface area contributed by atoms with Crippen LogP contribution in [-0.4, -0.2) is 127 Å². The number of halogens is 1. The first-order chi connectivity index (χ1) is 14.9. The van der Waals surface area contributed by atoms with Crippen molar-refractivity contribution < 1.29 is 14.6 Å². The number of hydrazine groups is 1. The lowest BCUT2D eigenvalue weighted by Gasteiger charge is -2.49. The minimum Gasteiger partial charge on any atom is -0.393 e. The molecule has 5 aliphatic rings. The number of piperazine rings is 1. The first-order valence-corrected chi connectivity index (χ1v) is 12.1. The third-order valence-electron chi connectivity index (χ3n) is 8.21. The quantitative estimate of drug-likeness (QED) is 0.270. The highest BCUT2D eigenvalue weighted by molar-refractivity contribution is 5.06. The molecule has 0 radical (unpaired) electrons. The van der Waals surface area contributed by atoms with Crippen molar-refractivity contribution in [3.8, 4) is 0 Å². The highest BCUT2D eigenvalue weighted by Gasteiger charge is 2.52. The van der Waals surface area contributed by atoms with Crippen LogP contribution in [0.1, 0.15) is 19.8 Å². The summed E-state index contributed by atoms with van der Waals surface area (Å²) >= 11 is 0. The summed E-state index contributed by atoms with van der Waals surface area (Å²) in [5.41, 5.74) is 3.51. The fraction of sp³-hybridized carbons (Fsp3) is 1.00. The molecule has 10 heteroatoms. The van der Waals surface area contributed by atoms with Crippen LogP contribution in [-0.2, 0) is 0 Å². The second-order valence-corrected chi connectivity index (χ2v) is 10.5. The molecule has 5 rings (SSSR count). The molecule has 4 aliphatic heterocycles. The molecule has 0 amide bonds. The van der Waals surface area contributed by atoms with E-state index in [1.807, 2.05) is 7.05 Å². The normalized spacial score (nSPS) is 48.5. The highest BCUT2D eigenvalue weighted by Crippen LogP contribution is 2.38. The zero-order chi connectivity index (χ0) is 21.7. The van der Waals surface area contributed by atoms with Gasteiger partial charge < -0.3 is 15.5 Å². The molecule has 4 saturated heterocycles. The van der Waals surface area contributed by atoms with Crippen LogP contribution in [0.4, 0.5) is 4.39 Å². The summed E-state index contributed by atoms with van der Waals surface area (Å²) in [5.74, 6) is 0.0294. The molecule has 10 unspecified atom stereocenters. The lowest BCUT2D eigenvalue weighted by molar-refractivity contribution is -0.0872. The Bertz CT molecular complexity index is 627. The SMILES string of the molecule is CC1CN2CC(NC(O)C3C(O)CC(N4CCNCC4)C4CN(C)NC43)CC(F)C2N1. The molecule has 4 heterocycles. The van der Waals surface area contributed by atoms with Gasteiger partial charge in [-0.25, -0.2) is 9.40 Å². The molecule has 0 aromatic rings. The molecular formula is C21H40FN7O2. The van der Waals surface area contributed by atoms with E-state index in [-0.39, 0.29) is 30.2 Å². The molecule has 31 heavy (non-hydrogen) atoms. The molecule has 1 aliphatic carbocycles. The zero-order valence-corrected chi connectivity index (χ0v) is 18.8. The average molecular weight is 442 g/mol. The highest BCUT2D eigenvalue weighted by atomic mass is 19.1. The largest absolute Gasteiger partial charge is 0.393 e. The van der Waals surface area contributed by atoms with Gasteiger partial charge in [0.05, 0.1) is 12.3 Å². The van der Waals surface area contributed by atoms with Crippen LogP contribution in [0.15, 0.2) is 0 Å². The van der Waals surface area contributed by atoms with Crippen LogP contribution in [0.5, 0.6) is 0 Å². The van der Waals surface area contributed by atoms with Crippen LogP contribution in [0.2, 0.25) is 0 Å². The first-order valence-electron chi connectivity index (χ1n) is 12.1. The molecule has 10 atom stereocenters. The van der Waals surface area contributed by atoms with Crippen molar-refractivity contribution in [2.24, 2.45) is 11.8 Å². The van der Waals surface area contributed by atoms with Gasteiger partial charge in [0, 0.05) is 88.9 Å². The summed E-state index contributed by atoms with van der Waals surface area (Å²) in [6, 6.07) is 0.477. The van der Waals surface area contributed by atoms with Gasteiger partial charge in [-0.1, -0.05) is 0 Å². The van der Waals surface area contributed by atoms with E-state index < -0.39 is 18.5 Å². The van der Waals surface area contributed by atoms with E-state index in [4.69, 9.17) is 0 Å². The molecule has 9 nitrogen and oxygen atoms in total. The number of aliphatic hydroxyl groups excluding tert-OH is 2. The van der Waals surface area contributed by atoms with E-state index in [1.54, 1.807) is 0 Å². The van der Waals surface area contributed by atoms with Gasteiger partial charge in [-0.2, -0.15) is 0 Å². The monoisotopic (exact) mass is 441 g/mol. The fourth-order valence-electron chi connectivity index (χ4n) is 6.89. The Kier molecular flexibility index (Phi) is 6.55. The van der Waals surface area contributed by atoms with Crippen molar-refractivity contribution in [1.82, 2.24) is 36.2 Å². The van der Waals surface area contributed by atoms with E-state index in [9.17, 15) is 14.6 Å². The molecule has 0 spiro atoms. The van der Waals surface area contributed by atoms with Gasteiger partial charge in [-0.3, -0.25) is 25.9 Å². The van der Waals surface area contributed by atoms with Crippen molar-refractivity contribution >= 4 is 0 Å². The van der Waals surface area contributed by atoms with Gasteiger partial charge in [-0.15, -0.1) is 0 Å². The molecule has 5 fully saturated rings. The Balaban J connectivity index is 1.26. The van der Waals surface area contributed by atoms with Gasteiger partial charge in [0.2, 0.25) is 0 Å². The van der Waals surface area contributed by atoms with Crippen LogP contribution in [0.3, 0.4) is 0 Å². The van der Waals surface area contributed by atoms with Gasteiger partial charge in [-0.05, 0) is 19.8 Å². The minimum atomic E-state index is -0.958. The molecule has 0 bridgehead atoms. The van der Waals surface area contributed by atoms with E-state index in [0.717, 1.165) is 39.3 Å². The summed E-state index contributed by atoms with van der Waals surface area (Å²) in [4.78, 5) is 4.65. The van der Waals surface area contributed by atoms with E-state index >= 15 is 0 Å². The molecule has 6 N–H and O–H groups in total. The number of aliphatic hydroxyl groups is 2. The maximum atomic E-state index is 14.8. The van der Waals surface area contributed by atoms with Crippen molar-refractivity contribution in [3.05, 3.63) is 0 Å². The Hall–Kier alpha value is -0.430. The third-order valence-corrected chi connectivity index (χ3v) is 8.21. The Morgan fingerprint density at radius 1 is 1.10 bits per heavy atom.